The summed E-state index contributed by atoms with van der Waals surface area (Å²) in [5.41, 5.74) is 2.70. The Hall–Kier alpha value is -3.12. The third-order valence-electron chi connectivity index (χ3n) is 5.41. The van der Waals surface area contributed by atoms with E-state index in [9.17, 15) is 9.59 Å². The fourth-order valence-electron chi connectivity index (χ4n) is 3.93. The van der Waals surface area contributed by atoms with Crippen molar-refractivity contribution in [3.8, 4) is 11.5 Å². The number of ether oxygens (including phenoxy) is 2. The molecule has 0 N–H and O–H groups in total. The number of hydrogen-bond donors (Lipinski definition) is 0. The van der Waals surface area contributed by atoms with E-state index in [1.807, 2.05) is 48.5 Å². The van der Waals surface area contributed by atoms with Crippen molar-refractivity contribution in [2.45, 2.75) is 18.9 Å². The van der Waals surface area contributed by atoms with Crippen molar-refractivity contribution in [1.29, 1.82) is 0 Å². The molecule has 146 valence electrons. The molecular formula is C23H19NO4S. The van der Waals surface area contributed by atoms with Crippen LogP contribution in [-0.4, -0.2) is 29.9 Å². The van der Waals surface area contributed by atoms with Gasteiger partial charge in [-0.15, -0.1) is 11.3 Å². The number of esters is 1. The summed E-state index contributed by atoms with van der Waals surface area (Å²) in [6.07, 6.45) is 0.855. The minimum Gasteiger partial charge on any atom is -0.457 e. The lowest BCUT2D eigenvalue weighted by Crippen LogP contribution is -2.38. The molecule has 1 amide bonds. The molecule has 0 unspecified atom stereocenters. The van der Waals surface area contributed by atoms with Crippen molar-refractivity contribution in [3.63, 3.8) is 0 Å². The fraction of sp³-hybridized carbons (Fsp3) is 0.217. The Morgan fingerprint density at radius 2 is 1.72 bits per heavy atom. The first-order chi connectivity index (χ1) is 14.2. The molecule has 3 heterocycles. The Morgan fingerprint density at radius 3 is 2.45 bits per heavy atom. The lowest BCUT2D eigenvalue weighted by Gasteiger charge is -2.28. The predicted molar refractivity (Wildman–Crippen MR) is 109 cm³/mol. The molecule has 3 aromatic rings. The highest BCUT2D eigenvalue weighted by Gasteiger charge is 2.34. The summed E-state index contributed by atoms with van der Waals surface area (Å²) in [6.45, 7) is 0.991. The average Bonchev–Trinajstić information content (AvgIpc) is 3.23. The molecule has 2 aromatic carbocycles. The van der Waals surface area contributed by atoms with Gasteiger partial charge in [-0.3, -0.25) is 9.59 Å². The second-order valence-electron chi connectivity index (χ2n) is 7.15. The SMILES string of the molecule is O=C(OCC(=O)N1CCc2sccc2C1)C1c2ccccc2Oc2ccccc21. The number of carbonyl (C=O) groups is 2. The van der Waals surface area contributed by atoms with Crippen molar-refractivity contribution in [1.82, 2.24) is 4.90 Å². The van der Waals surface area contributed by atoms with Crippen molar-refractivity contribution >= 4 is 23.2 Å². The number of benzene rings is 2. The van der Waals surface area contributed by atoms with Gasteiger partial charge in [-0.25, -0.2) is 0 Å². The predicted octanol–water partition coefficient (Wildman–Crippen LogP) is 4.11. The van der Waals surface area contributed by atoms with Crippen LogP contribution in [0.1, 0.15) is 27.5 Å². The first kappa shape index (κ1) is 17.9. The van der Waals surface area contributed by atoms with E-state index in [0.717, 1.165) is 17.5 Å². The van der Waals surface area contributed by atoms with Crippen LogP contribution in [0.5, 0.6) is 11.5 Å². The summed E-state index contributed by atoms with van der Waals surface area (Å²) in [7, 11) is 0. The fourth-order valence-corrected chi connectivity index (χ4v) is 4.82. The zero-order valence-corrected chi connectivity index (χ0v) is 16.5. The number of nitrogens with zero attached hydrogens (tertiary/aromatic N) is 1. The Balaban J connectivity index is 1.32. The van der Waals surface area contributed by atoms with E-state index in [1.165, 1.54) is 10.4 Å². The quantitative estimate of drug-likeness (QED) is 0.616. The molecule has 2 aliphatic heterocycles. The second-order valence-corrected chi connectivity index (χ2v) is 8.15. The smallest absolute Gasteiger partial charge is 0.318 e. The summed E-state index contributed by atoms with van der Waals surface area (Å²) in [5.74, 6) is 0.0772. The van der Waals surface area contributed by atoms with Crippen LogP contribution in [0, 0.1) is 0 Å². The van der Waals surface area contributed by atoms with E-state index in [-0.39, 0.29) is 12.5 Å². The molecule has 5 rings (SSSR count). The van der Waals surface area contributed by atoms with Gasteiger partial charge >= 0.3 is 5.97 Å². The maximum Gasteiger partial charge on any atom is 0.318 e. The number of fused-ring (bicyclic) bond motifs is 3. The second kappa shape index (κ2) is 7.37. The molecule has 5 nitrogen and oxygen atoms in total. The molecule has 0 spiro atoms. The van der Waals surface area contributed by atoms with Gasteiger partial charge in [0.15, 0.2) is 6.61 Å². The molecule has 0 fully saturated rings. The minimum atomic E-state index is -0.603. The van der Waals surface area contributed by atoms with Gasteiger partial charge in [0.1, 0.15) is 17.4 Å². The van der Waals surface area contributed by atoms with Gasteiger partial charge in [0.05, 0.1) is 0 Å². The molecule has 0 radical (unpaired) electrons. The third-order valence-corrected chi connectivity index (χ3v) is 6.44. The standard InChI is InChI=1S/C23H19NO4S/c25-21(24-11-9-20-15(13-24)10-12-29-20)14-27-23(26)22-16-5-1-3-7-18(16)28-19-8-4-2-6-17(19)22/h1-8,10,12,22H,9,11,13-14H2. The van der Waals surface area contributed by atoms with Crippen LogP contribution in [0.25, 0.3) is 0 Å². The van der Waals surface area contributed by atoms with Crippen LogP contribution in [0.3, 0.4) is 0 Å². The van der Waals surface area contributed by atoms with Gasteiger partial charge in [0, 0.05) is 29.1 Å². The Labute approximate surface area is 172 Å². The topological polar surface area (TPSA) is 55.8 Å². The lowest BCUT2D eigenvalue weighted by molar-refractivity contribution is -0.153. The molecule has 1 aromatic heterocycles. The molecule has 0 bridgehead atoms. The summed E-state index contributed by atoms with van der Waals surface area (Å²) in [6, 6.07) is 16.9. The van der Waals surface area contributed by atoms with E-state index in [1.54, 1.807) is 16.2 Å². The van der Waals surface area contributed by atoms with Crippen LogP contribution < -0.4 is 4.74 Å². The Morgan fingerprint density at radius 1 is 1.03 bits per heavy atom. The van der Waals surface area contributed by atoms with Gasteiger partial charge in [-0.2, -0.15) is 0 Å². The van der Waals surface area contributed by atoms with E-state index in [2.05, 4.69) is 11.4 Å². The molecule has 6 heteroatoms. The maximum atomic E-state index is 13.0. The van der Waals surface area contributed by atoms with Crippen LogP contribution in [-0.2, 0) is 27.3 Å². The molecule has 0 atom stereocenters. The van der Waals surface area contributed by atoms with Crippen LogP contribution in [0.4, 0.5) is 0 Å². The van der Waals surface area contributed by atoms with Crippen molar-refractivity contribution in [3.05, 3.63) is 81.5 Å². The monoisotopic (exact) mass is 405 g/mol. The van der Waals surface area contributed by atoms with Crippen LogP contribution in [0.2, 0.25) is 0 Å². The van der Waals surface area contributed by atoms with E-state index < -0.39 is 11.9 Å². The largest absolute Gasteiger partial charge is 0.457 e. The summed E-state index contributed by atoms with van der Waals surface area (Å²) < 4.78 is 11.4. The van der Waals surface area contributed by atoms with Gasteiger partial charge < -0.3 is 14.4 Å². The number of hydrogen-bond acceptors (Lipinski definition) is 5. The number of amides is 1. The number of thiophene rings is 1. The maximum absolute atomic E-state index is 13.0. The van der Waals surface area contributed by atoms with Gasteiger partial charge in [-0.1, -0.05) is 36.4 Å². The summed E-state index contributed by atoms with van der Waals surface area (Å²) >= 11 is 1.73. The minimum absolute atomic E-state index is 0.163. The highest BCUT2D eigenvalue weighted by molar-refractivity contribution is 7.10. The van der Waals surface area contributed by atoms with Crippen molar-refractivity contribution < 1.29 is 19.1 Å². The number of rotatable bonds is 3. The number of para-hydroxylation sites is 2. The Kier molecular flexibility index (Phi) is 4.56. The normalized spacial score (nSPS) is 15.0. The molecule has 0 saturated carbocycles. The highest BCUT2D eigenvalue weighted by atomic mass is 32.1. The first-order valence-electron chi connectivity index (χ1n) is 9.56. The van der Waals surface area contributed by atoms with Gasteiger partial charge in [0.25, 0.3) is 5.91 Å². The summed E-state index contributed by atoms with van der Waals surface area (Å²) in [4.78, 5) is 28.7. The Bertz CT molecular complexity index is 1040. The highest BCUT2D eigenvalue weighted by Crippen LogP contribution is 2.44. The van der Waals surface area contributed by atoms with E-state index in [4.69, 9.17) is 9.47 Å². The number of carbonyl (C=O) groups excluding carboxylic acids is 2. The van der Waals surface area contributed by atoms with E-state index in [0.29, 0.717) is 24.6 Å². The lowest BCUT2D eigenvalue weighted by atomic mass is 9.88. The first-order valence-corrected chi connectivity index (χ1v) is 10.4. The van der Waals surface area contributed by atoms with Crippen molar-refractivity contribution in [2.24, 2.45) is 0 Å². The van der Waals surface area contributed by atoms with Crippen LogP contribution in [0.15, 0.2) is 60.0 Å². The van der Waals surface area contributed by atoms with Crippen LogP contribution >= 0.6 is 11.3 Å². The molecular weight excluding hydrogens is 386 g/mol. The van der Waals surface area contributed by atoms with Crippen molar-refractivity contribution in [2.75, 3.05) is 13.2 Å². The van der Waals surface area contributed by atoms with Gasteiger partial charge in [0.2, 0.25) is 0 Å². The van der Waals surface area contributed by atoms with Gasteiger partial charge in [-0.05, 0) is 35.6 Å². The zero-order chi connectivity index (χ0) is 19.8. The average molecular weight is 405 g/mol. The van der Waals surface area contributed by atoms with E-state index >= 15 is 0 Å². The molecule has 0 saturated heterocycles. The molecule has 2 aliphatic rings. The zero-order valence-electron chi connectivity index (χ0n) is 15.7. The third kappa shape index (κ3) is 3.29. The molecule has 0 aliphatic carbocycles. The summed E-state index contributed by atoms with van der Waals surface area (Å²) in [5, 5.41) is 2.05. The molecule has 29 heavy (non-hydrogen) atoms.